The van der Waals surface area contributed by atoms with Crippen LogP contribution in [0.4, 0.5) is 0 Å². The van der Waals surface area contributed by atoms with Crippen LogP contribution in [0.2, 0.25) is 0 Å². The highest BCUT2D eigenvalue weighted by atomic mass is 32.2. The zero-order valence-corrected chi connectivity index (χ0v) is 15.8. The molecule has 0 aromatic carbocycles. The molecule has 24 heavy (non-hydrogen) atoms. The topological polar surface area (TPSA) is 68.0 Å². The molecule has 0 fully saturated rings. The van der Waals surface area contributed by atoms with Gasteiger partial charge in [0.15, 0.2) is 0 Å². The Bertz CT molecular complexity index is 696. The third-order valence-corrected chi connectivity index (χ3v) is 6.17. The van der Waals surface area contributed by atoms with Gasteiger partial charge in [-0.2, -0.15) is 0 Å². The van der Waals surface area contributed by atoms with E-state index in [1.54, 1.807) is 11.3 Å². The van der Waals surface area contributed by atoms with Crippen LogP contribution >= 0.6 is 23.1 Å². The number of carbonyl (C=O) groups excluding carboxylic acids is 1. The SMILES string of the molecule is CCCCNC(=O)CSc1nnc(-c2cc3c(s2)CC[C@@H](C)C3)o1. The van der Waals surface area contributed by atoms with Gasteiger partial charge in [-0.1, -0.05) is 32.0 Å². The lowest BCUT2D eigenvalue weighted by Crippen LogP contribution is -2.25. The van der Waals surface area contributed by atoms with Crippen molar-refractivity contribution in [2.45, 2.75) is 51.2 Å². The highest BCUT2D eigenvalue weighted by Crippen LogP contribution is 2.37. The van der Waals surface area contributed by atoms with Crippen LogP contribution in [0, 0.1) is 5.92 Å². The molecule has 130 valence electrons. The van der Waals surface area contributed by atoms with Crippen molar-refractivity contribution in [1.29, 1.82) is 0 Å². The van der Waals surface area contributed by atoms with Gasteiger partial charge in [0.25, 0.3) is 11.1 Å². The standard InChI is InChI=1S/C17H23N3O2S2/c1-3-4-7-18-15(21)10-23-17-20-19-16(22-17)14-9-12-8-11(2)5-6-13(12)24-14/h9,11H,3-8,10H2,1-2H3,(H,18,21)/t11-/m1/s1. The van der Waals surface area contributed by atoms with Gasteiger partial charge in [-0.25, -0.2) is 0 Å². The van der Waals surface area contributed by atoms with Crippen LogP contribution in [0.15, 0.2) is 15.7 Å². The number of nitrogens with one attached hydrogen (secondary N) is 1. The van der Waals surface area contributed by atoms with Gasteiger partial charge in [0, 0.05) is 11.4 Å². The number of thioether (sulfide) groups is 1. The summed E-state index contributed by atoms with van der Waals surface area (Å²) in [6, 6.07) is 2.19. The average Bonchev–Trinajstić information content (AvgIpc) is 3.19. The van der Waals surface area contributed by atoms with Crippen LogP contribution in [-0.2, 0) is 17.6 Å². The Morgan fingerprint density at radius 2 is 2.38 bits per heavy atom. The van der Waals surface area contributed by atoms with Crippen LogP contribution in [0.25, 0.3) is 10.8 Å². The van der Waals surface area contributed by atoms with Gasteiger partial charge in [-0.15, -0.1) is 21.5 Å². The molecule has 0 radical (unpaired) electrons. The first-order chi connectivity index (χ1) is 11.7. The minimum absolute atomic E-state index is 0.00813. The molecule has 0 bridgehead atoms. The second kappa shape index (κ2) is 8.16. The Morgan fingerprint density at radius 1 is 1.50 bits per heavy atom. The fourth-order valence-electron chi connectivity index (χ4n) is 2.76. The van der Waals surface area contributed by atoms with Crippen molar-refractivity contribution < 1.29 is 9.21 Å². The molecule has 3 rings (SSSR count). The number of rotatable bonds is 7. The lowest BCUT2D eigenvalue weighted by Gasteiger charge is -2.16. The minimum Gasteiger partial charge on any atom is -0.410 e. The van der Waals surface area contributed by atoms with Crippen LogP contribution in [-0.4, -0.2) is 28.4 Å². The summed E-state index contributed by atoms with van der Waals surface area (Å²) in [7, 11) is 0. The molecule has 0 spiro atoms. The van der Waals surface area contributed by atoms with Gasteiger partial charge in [-0.05, 0) is 43.2 Å². The van der Waals surface area contributed by atoms with E-state index in [4.69, 9.17) is 4.42 Å². The molecule has 1 aliphatic rings. The van der Waals surface area contributed by atoms with Crippen LogP contribution in [0.3, 0.4) is 0 Å². The van der Waals surface area contributed by atoms with Crippen molar-refractivity contribution in [2.24, 2.45) is 5.92 Å². The normalized spacial score (nSPS) is 16.8. The van der Waals surface area contributed by atoms with Crippen molar-refractivity contribution in [2.75, 3.05) is 12.3 Å². The van der Waals surface area contributed by atoms with Gasteiger partial charge in [0.2, 0.25) is 5.91 Å². The van der Waals surface area contributed by atoms with E-state index in [-0.39, 0.29) is 5.91 Å². The molecule has 2 aromatic heterocycles. The van der Waals surface area contributed by atoms with Gasteiger partial charge >= 0.3 is 0 Å². The number of aromatic nitrogens is 2. The molecule has 5 nitrogen and oxygen atoms in total. The van der Waals surface area contributed by atoms with Crippen LogP contribution < -0.4 is 5.32 Å². The Hall–Kier alpha value is -1.34. The summed E-state index contributed by atoms with van der Waals surface area (Å²) in [6.45, 7) is 5.13. The molecule has 7 heteroatoms. The van der Waals surface area contributed by atoms with Crippen molar-refractivity contribution in [3.63, 3.8) is 0 Å². The molecular weight excluding hydrogens is 342 g/mol. The molecular formula is C17H23N3O2S2. The number of fused-ring (bicyclic) bond motifs is 1. The predicted molar refractivity (Wildman–Crippen MR) is 97.4 cm³/mol. The van der Waals surface area contributed by atoms with Gasteiger partial charge < -0.3 is 9.73 Å². The minimum atomic E-state index is 0.00813. The molecule has 0 saturated heterocycles. The predicted octanol–water partition coefficient (Wildman–Crippen LogP) is 3.93. The third-order valence-electron chi connectivity index (χ3n) is 4.13. The Balaban J connectivity index is 1.57. The van der Waals surface area contributed by atoms with E-state index in [0.717, 1.165) is 43.0 Å². The van der Waals surface area contributed by atoms with Crippen molar-refractivity contribution in [3.8, 4) is 10.8 Å². The monoisotopic (exact) mass is 365 g/mol. The highest BCUT2D eigenvalue weighted by molar-refractivity contribution is 7.99. The second-order valence-corrected chi connectivity index (χ2v) is 8.34. The Labute approximate surface area is 150 Å². The van der Waals surface area contributed by atoms with Crippen LogP contribution in [0.1, 0.15) is 43.6 Å². The average molecular weight is 366 g/mol. The summed E-state index contributed by atoms with van der Waals surface area (Å²) in [5, 5.41) is 11.5. The Morgan fingerprint density at radius 3 is 3.21 bits per heavy atom. The summed E-state index contributed by atoms with van der Waals surface area (Å²) >= 11 is 3.05. The van der Waals surface area contributed by atoms with E-state index >= 15 is 0 Å². The maximum atomic E-state index is 11.7. The quantitative estimate of drug-likeness (QED) is 0.595. The van der Waals surface area contributed by atoms with E-state index in [0.29, 0.717) is 16.9 Å². The first-order valence-electron chi connectivity index (χ1n) is 8.50. The third kappa shape index (κ3) is 4.39. The maximum absolute atomic E-state index is 11.7. The van der Waals surface area contributed by atoms with Gasteiger partial charge in [-0.3, -0.25) is 4.79 Å². The van der Waals surface area contributed by atoms with Gasteiger partial charge in [0.05, 0.1) is 10.6 Å². The zero-order chi connectivity index (χ0) is 16.9. The molecule has 1 N–H and O–H groups in total. The van der Waals surface area contributed by atoms with E-state index in [1.807, 2.05) is 0 Å². The van der Waals surface area contributed by atoms with Crippen molar-refractivity contribution >= 4 is 29.0 Å². The number of thiophene rings is 1. The summed E-state index contributed by atoms with van der Waals surface area (Å²) < 4.78 is 5.72. The lowest BCUT2D eigenvalue weighted by molar-refractivity contribution is -0.118. The number of unbranched alkanes of at least 4 members (excludes halogenated alkanes) is 1. The number of hydrogen-bond acceptors (Lipinski definition) is 6. The fourth-order valence-corrected chi connectivity index (χ4v) is 4.48. The summed E-state index contributed by atoms with van der Waals surface area (Å²) in [5.41, 5.74) is 1.43. The first kappa shape index (κ1) is 17.5. The number of aryl methyl sites for hydroxylation is 1. The summed E-state index contributed by atoms with van der Waals surface area (Å²) in [6.07, 6.45) is 5.62. The molecule has 0 saturated carbocycles. The van der Waals surface area contributed by atoms with Crippen molar-refractivity contribution in [1.82, 2.24) is 15.5 Å². The summed E-state index contributed by atoms with van der Waals surface area (Å²) in [4.78, 5) is 14.2. The zero-order valence-electron chi connectivity index (χ0n) is 14.1. The lowest BCUT2D eigenvalue weighted by atomic mass is 9.90. The molecule has 2 heterocycles. The smallest absolute Gasteiger partial charge is 0.277 e. The van der Waals surface area contributed by atoms with E-state index < -0.39 is 0 Å². The molecule has 1 aliphatic carbocycles. The van der Waals surface area contributed by atoms with Crippen molar-refractivity contribution in [3.05, 3.63) is 16.5 Å². The first-order valence-corrected chi connectivity index (χ1v) is 10.3. The van der Waals surface area contributed by atoms with E-state index in [1.165, 1.54) is 28.6 Å². The number of hydrogen-bond donors (Lipinski definition) is 1. The number of carbonyl (C=O) groups is 1. The second-order valence-electron chi connectivity index (χ2n) is 6.27. The Kier molecular flexibility index (Phi) is 5.94. The number of nitrogens with zero attached hydrogens (tertiary/aromatic N) is 2. The van der Waals surface area contributed by atoms with E-state index in [2.05, 4.69) is 35.4 Å². The van der Waals surface area contributed by atoms with Gasteiger partial charge in [0.1, 0.15) is 0 Å². The maximum Gasteiger partial charge on any atom is 0.277 e. The van der Waals surface area contributed by atoms with Crippen LogP contribution in [0.5, 0.6) is 0 Å². The largest absolute Gasteiger partial charge is 0.410 e. The molecule has 1 amide bonds. The molecule has 0 aliphatic heterocycles. The molecule has 0 unspecified atom stereocenters. The number of amides is 1. The molecule has 1 atom stereocenters. The highest BCUT2D eigenvalue weighted by Gasteiger charge is 2.21. The summed E-state index contributed by atoms with van der Waals surface area (Å²) in [5.74, 6) is 1.63. The molecule has 2 aromatic rings. The van der Waals surface area contributed by atoms with E-state index in [9.17, 15) is 4.79 Å². The fraction of sp³-hybridized carbons (Fsp3) is 0.588.